The summed E-state index contributed by atoms with van der Waals surface area (Å²) in [6.07, 6.45) is 1.06. The molecule has 0 aliphatic heterocycles. The van der Waals surface area contributed by atoms with Gasteiger partial charge in [-0.05, 0) is 30.7 Å². The summed E-state index contributed by atoms with van der Waals surface area (Å²) in [6.45, 7) is 2.36. The molecule has 1 amide bonds. The number of nitrogens with one attached hydrogen (secondary N) is 1. The zero-order valence-electron chi connectivity index (χ0n) is 12.3. The fourth-order valence-corrected chi connectivity index (χ4v) is 3.22. The third kappa shape index (κ3) is 4.08. The summed E-state index contributed by atoms with van der Waals surface area (Å²) in [4.78, 5) is 12.1. The van der Waals surface area contributed by atoms with Gasteiger partial charge in [-0.2, -0.15) is 0 Å². The van der Waals surface area contributed by atoms with E-state index in [4.69, 9.17) is 11.6 Å². The summed E-state index contributed by atoms with van der Waals surface area (Å²) >= 11 is 5.86. The molecule has 0 bridgehead atoms. The van der Waals surface area contributed by atoms with Crippen molar-refractivity contribution in [2.45, 2.75) is 18.4 Å². The van der Waals surface area contributed by atoms with Gasteiger partial charge in [-0.15, -0.1) is 0 Å². The van der Waals surface area contributed by atoms with Crippen LogP contribution in [0.4, 0.5) is 0 Å². The van der Waals surface area contributed by atoms with Gasteiger partial charge in [0.25, 0.3) is 5.91 Å². The summed E-state index contributed by atoms with van der Waals surface area (Å²) in [5.74, 6) is -0.345. The molecule has 0 aromatic heterocycles. The number of aryl methyl sites for hydroxylation is 1. The molecule has 6 heteroatoms. The molecule has 0 unspecified atom stereocenters. The summed E-state index contributed by atoms with van der Waals surface area (Å²) in [7, 11) is -3.47. The van der Waals surface area contributed by atoms with Gasteiger partial charge in [0.15, 0.2) is 9.84 Å². The molecule has 116 valence electrons. The average molecular weight is 338 g/mol. The minimum absolute atomic E-state index is 0.0443. The lowest BCUT2D eigenvalue weighted by Crippen LogP contribution is -2.23. The van der Waals surface area contributed by atoms with Gasteiger partial charge < -0.3 is 5.32 Å². The lowest BCUT2D eigenvalue weighted by atomic mass is 10.1. The molecule has 4 nitrogen and oxygen atoms in total. The molecule has 0 spiro atoms. The van der Waals surface area contributed by atoms with E-state index in [1.807, 2.05) is 31.2 Å². The van der Waals surface area contributed by atoms with Gasteiger partial charge in [0, 0.05) is 18.4 Å². The highest BCUT2D eigenvalue weighted by atomic mass is 35.5. The summed E-state index contributed by atoms with van der Waals surface area (Å²) in [5.41, 5.74) is 2.37. The first-order chi connectivity index (χ1) is 10.3. The third-order valence-corrected chi connectivity index (χ3v) is 4.74. The average Bonchev–Trinajstić information content (AvgIpc) is 2.45. The van der Waals surface area contributed by atoms with Gasteiger partial charge in [-0.25, -0.2) is 8.42 Å². The van der Waals surface area contributed by atoms with Crippen LogP contribution in [0.3, 0.4) is 0 Å². The molecular weight excluding hydrogens is 322 g/mol. The molecule has 22 heavy (non-hydrogen) atoms. The second-order valence-corrected chi connectivity index (χ2v) is 7.48. The minimum Gasteiger partial charge on any atom is -0.348 e. The Kier molecular flexibility index (Phi) is 4.88. The summed E-state index contributed by atoms with van der Waals surface area (Å²) in [6, 6.07) is 12.0. The van der Waals surface area contributed by atoms with Crippen LogP contribution in [0.2, 0.25) is 5.02 Å². The first-order valence-electron chi connectivity index (χ1n) is 6.61. The largest absolute Gasteiger partial charge is 0.348 e. The molecule has 0 aliphatic rings. The highest BCUT2D eigenvalue weighted by molar-refractivity contribution is 7.90. The van der Waals surface area contributed by atoms with Crippen molar-refractivity contribution in [1.82, 2.24) is 5.32 Å². The van der Waals surface area contributed by atoms with Crippen molar-refractivity contribution in [3.8, 4) is 0 Å². The fraction of sp³-hybridized carbons (Fsp3) is 0.188. The van der Waals surface area contributed by atoms with Gasteiger partial charge in [0.2, 0.25) is 0 Å². The van der Waals surface area contributed by atoms with E-state index >= 15 is 0 Å². The molecule has 1 N–H and O–H groups in total. The molecule has 0 saturated heterocycles. The third-order valence-electron chi connectivity index (χ3n) is 3.17. The smallest absolute Gasteiger partial charge is 0.251 e. The van der Waals surface area contributed by atoms with Gasteiger partial charge in [0.1, 0.15) is 0 Å². The van der Waals surface area contributed by atoms with E-state index in [9.17, 15) is 13.2 Å². The van der Waals surface area contributed by atoms with Crippen molar-refractivity contribution < 1.29 is 13.2 Å². The minimum atomic E-state index is -3.47. The van der Waals surface area contributed by atoms with E-state index in [0.717, 1.165) is 17.4 Å². The topological polar surface area (TPSA) is 63.2 Å². The summed E-state index contributed by atoms with van der Waals surface area (Å²) < 4.78 is 23.2. The van der Waals surface area contributed by atoms with Crippen LogP contribution in [0.5, 0.6) is 0 Å². The van der Waals surface area contributed by atoms with Crippen LogP contribution in [0.15, 0.2) is 47.4 Å². The normalized spacial score (nSPS) is 11.2. The SMILES string of the molecule is Cc1ccc(CNC(=O)c2ccc(Cl)c(S(C)(=O)=O)c2)cc1. The quantitative estimate of drug-likeness (QED) is 0.932. The maximum absolute atomic E-state index is 12.1. The van der Waals surface area contributed by atoms with Crippen LogP contribution in [-0.2, 0) is 16.4 Å². The number of hydrogen-bond donors (Lipinski definition) is 1. The van der Waals surface area contributed by atoms with Crippen LogP contribution in [0, 0.1) is 6.92 Å². The lowest BCUT2D eigenvalue weighted by Gasteiger charge is -2.08. The van der Waals surface area contributed by atoms with E-state index in [2.05, 4.69) is 5.32 Å². The number of rotatable bonds is 4. The van der Waals surface area contributed by atoms with Gasteiger partial charge >= 0.3 is 0 Å². The van der Waals surface area contributed by atoms with Crippen molar-refractivity contribution in [1.29, 1.82) is 0 Å². The van der Waals surface area contributed by atoms with Crippen molar-refractivity contribution in [2.24, 2.45) is 0 Å². The summed E-state index contributed by atoms with van der Waals surface area (Å²) in [5, 5.41) is 2.86. The maximum Gasteiger partial charge on any atom is 0.251 e. The van der Waals surface area contributed by atoms with E-state index in [-0.39, 0.29) is 21.4 Å². The highest BCUT2D eigenvalue weighted by Gasteiger charge is 2.15. The van der Waals surface area contributed by atoms with Crippen molar-refractivity contribution in [3.05, 3.63) is 64.2 Å². The van der Waals surface area contributed by atoms with Gasteiger partial charge in [-0.1, -0.05) is 41.4 Å². The zero-order chi connectivity index (χ0) is 16.3. The molecule has 0 fully saturated rings. The van der Waals surface area contributed by atoms with Crippen molar-refractivity contribution in [2.75, 3.05) is 6.26 Å². The molecule has 2 rings (SSSR count). The Morgan fingerprint density at radius 2 is 1.77 bits per heavy atom. The van der Waals surface area contributed by atoms with Crippen LogP contribution >= 0.6 is 11.6 Å². The van der Waals surface area contributed by atoms with E-state index in [1.165, 1.54) is 18.2 Å². The number of halogens is 1. The molecule has 0 radical (unpaired) electrons. The van der Waals surface area contributed by atoms with Crippen LogP contribution in [0.25, 0.3) is 0 Å². The second kappa shape index (κ2) is 6.50. The number of hydrogen-bond acceptors (Lipinski definition) is 3. The van der Waals surface area contributed by atoms with Crippen LogP contribution in [0.1, 0.15) is 21.5 Å². The first-order valence-corrected chi connectivity index (χ1v) is 8.87. The monoisotopic (exact) mass is 337 g/mol. The predicted molar refractivity (Wildman–Crippen MR) is 86.9 cm³/mol. The van der Waals surface area contributed by atoms with Gasteiger partial charge in [0.05, 0.1) is 9.92 Å². The predicted octanol–water partition coefficient (Wildman–Crippen LogP) is 2.98. The van der Waals surface area contributed by atoms with Crippen LogP contribution < -0.4 is 5.32 Å². The Bertz CT molecular complexity index is 799. The molecule has 0 heterocycles. The molecule has 0 saturated carbocycles. The lowest BCUT2D eigenvalue weighted by molar-refractivity contribution is 0.0950. The maximum atomic E-state index is 12.1. The second-order valence-electron chi connectivity index (χ2n) is 5.09. The Labute approximate surface area is 135 Å². The number of carbonyl (C=O) groups is 1. The molecule has 2 aromatic rings. The highest BCUT2D eigenvalue weighted by Crippen LogP contribution is 2.22. The number of carbonyl (C=O) groups excluding carboxylic acids is 1. The number of amides is 1. The fourth-order valence-electron chi connectivity index (χ4n) is 1.92. The van der Waals surface area contributed by atoms with Crippen molar-refractivity contribution in [3.63, 3.8) is 0 Å². The molecule has 2 aromatic carbocycles. The number of benzene rings is 2. The van der Waals surface area contributed by atoms with Crippen molar-refractivity contribution >= 4 is 27.3 Å². The zero-order valence-corrected chi connectivity index (χ0v) is 13.8. The van der Waals surface area contributed by atoms with E-state index in [1.54, 1.807) is 0 Å². The molecule has 0 atom stereocenters. The Morgan fingerprint density at radius 1 is 1.14 bits per heavy atom. The van der Waals surface area contributed by atoms with Crippen LogP contribution in [-0.4, -0.2) is 20.6 Å². The Balaban J connectivity index is 2.15. The van der Waals surface area contributed by atoms with Gasteiger partial charge in [-0.3, -0.25) is 4.79 Å². The Hall–Kier alpha value is -1.85. The first kappa shape index (κ1) is 16.5. The number of sulfone groups is 1. The molecular formula is C16H16ClNO3S. The van der Waals surface area contributed by atoms with E-state index in [0.29, 0.717) is 6.54 Å². The van der Waals surface area contributed by atoms with E-state index < -0.39 is 9.84 Å². The Morgan fingerprint density at radius 3 is 2.36 bits per heavy atom. The standard InChI is InChI=1S/C16H16ClNO3S/c1-11-3-5-12(6-4-11)10-18-16(19)13-7-8-14(17)15(9-13)22(2,20)21/h3-9H,10H2,1-2H3,(H,18,19). The molecule has 0 aliphatic carbocycles.